The minimum atomic E-state index is -4.26. The summed E-state index contributed by atoms with van der Waals surface area (Å²) in [4.78, 5) is 0. The largest absolute Gasteiger partial charge is 0.382 e. The fraction of sp³-hybridized carbons (Fsp3) is 1.00. The van der Waals surface area contributed by atoms with Crippen LogP contribution in [0.2, 0.25) is 0 Å². The molecule has 30 rings (SSSR count). The molecular weight excluding hydrogens is 1630 g/mol. The van der Waals surface area contributed by atoms with E-state index >= 15 is 0 Å². The number of hydrogen-bond acceptors (Lipinski definition) is 44. The van der Waals surface area contributed by atoms with Gasteiger partial charge in [-0.15, -0.1) is 0 Å². The Hall–Kier alpha value is -1.70. The molecule has 30 aliphatic rings. The van der Waals surface area contributed by atoms with E-state index in [2.05, 4.69) is 0 Å². The predicted molar refractivity (Wildman–Crippen MR) is 394 cm³/mol. The van der Waals surface area contributed by atoms with Gasteiger partial charge in [0.1, 0.15) is 195 Å². The average Bonchev–Trinajstić information content (AvgIpc) is 0.762. The van der Waals surface area contributed by atoms with Crippen molar-refractivity contribution in [1.82, 2.24) is 0 Å². The van der Waals surface area contributed by atoms with Gasteiger partial charge in [0.2, 0.25) is 0 Å². The molecule has 30 heterocycles. The van der Waals surface area contributed by atoms with Gasteiger partial charge in [-0.3, -0.25) is 8.37 Å². The molecule has 0 aromatic carbocycles. The van der Waals surface area contributed by atoms with E-state index in [1.54, 1.807) is 0 Å². The maximum atomic E-state index is 13.1. The minimum absolute atomic E-state index is 0.0984. The molecule has 0 unspecified atom stereocenters. The van der Waals surface area contributed by atoms with Crippen molar-refractivity contribution >= 4 is 20.2 Å². The molecule has 30 saturated heterocycles. The first-order valence-corrected chi connectivity index (χ1v) is 42.0. The first-order chi connectivity index (χ1) is 56.8. The summed E-state index contributed by atoms with van der Waals surface area (Å²) >= 11 is 0. The summed E-state index contributed by atoms with van der Waals surface area (Å²) in [5.41, 5.74) is 0. The van der Waals surface area contributed by atoms with Gasteiger partial charge in [-0.25, -0.2) is 0 Å². The third-order valence-electron chi connectivity index (χ3n) is 22.3. The van der Waals surface area contributed by atoms with Crippen LogP contribution in [0.25, 0.3) is 0 Å². The Morgan fingerprint density at radius 1 is 0.169 bits per heavy atom. The zero-order valence-corrected chi connectivity index (χ0v) is 73.2. The second kappa shape index (κ2) is 47.4. The van der Waals surface area contributed by atoms with E-state index in [9.17, 15) is 16.8 Å². The van der Waals surface area contributed by atoms with Crippen molar-refractivity contribution in [1.29, 1.82) is 0 Å². The second-order valence-corrected chi connectivity index (χ2v) is 32.4. The molecule has 0 amide bonds. The molecule has 0 N–H and O–H groups in total. The van der Waals surface area contributed by atoms with Gasteiger partial charge in [-0.05, 0) is 0 Å². The molecule has 0 aliphatic carbocycles. The van der Waals surface area contributed by atoms with Crippen LogP contribution in [-0.4, -0.2) is 484 Å². The molecule has 0 radical (unpaired) electrons. The molecule has 16 bridgehead atoms. The van der Waals surface area contributed by atoms with E-state index in [0.717, 1.165) is 12.5 Å². The van der Waals surface area contributed by atoms with Crippen molar-refractivity contribution < 1.29 is 205 Å². The van der Waals surface area contributed by atoms with E-state index < -0.39 is 279 Å². The summed E-state index contributed by atoms with van der Waals surface area (Å²) in [7, 11) is 22.9. The van der Waals surface area contributed by atoms with Gasteiger partial charge in [0.05, 0.1) is 65.4 Å². The Morgan fingerprint density at radius 3 is 0.373 bits per heavy atom. The Morgan fingerprint density at radius 2 is 0.280 bits per heavy atom. The highest BCUT2D eigenvalue weighted by molar-refractivity contribution is 7.86. The Balaban J connectivity index is 1.16. The van der Waals surface area contributed by atoms with Crippen LogP contribution in [0.3, 0.4) is 0 Å². The highest BCUT2D eigenvalue weighted by Gasteiger charge is 2.63. The van der Waals surface area contributed by atoms with E-state index in [1.807, 2.05) is 0 Å². The minimum Gasteiger partial charge on any atom is -0.382 e. The number of hydrogen-bond donors (Lipinski definition) is 0. The lowest BCUT2D eigenvalue weighted by Gasteiger charge is -2.53. The third kappa shape index (κ3) is 23.1. The van der Waals surface area contributed by atoms with Crippen LogP contribution in [0.5, 0.6) is 0 Å². The lowest BCUT2D eigenvalue weighted by Crippen LogP contribution is -2.70. The molecule has 0 spiro atoms. The van der Waals surface area contributed by atoms with Crippen molar-refractivity contribution in [3.05, 3.63) is 0 Å². The lowest BCUT2D eigenvalue weighted by molar-refractivity contribution is -0.409. The van der Waals surface area contributed by atoms with Crippen LogP contribution in [0.15, 0.2) is 0 Å². The van der Waals surface area contributed by atoms with Gasteiger partial charge in [0.25, 0.3) is 20.2 Å². The Kier molecular flexibility index (Phi) is 40.2. The van der Waals surface area contributed by atoms with Crippen molar-refractivity contribution in [3.63, 3.8) is 0 Å². The monoisotopic (exact) mass is 1760 g/mol. The molecule has 0 saturated carbocycles. The summed E-state index contributed by atoms with van der Waals surface area (Å²) in [5.74, 6) is 0. The van der Waals surface area contributed by atoms with Gasteiger partial charge in [-0.1, -0.05) is 0 Å². The first kappa shape index (κ1) is 100. The van der Waals surface area contributed by atoms with Crippen LogP contribution in [0, 0.1) is 0 Å². The maximum absolute atomic E-state index is 13.1. The molecule has 118 heavy (non-hydrogen) atoms. The zero-order valence-electron chi connectivity index (χ0n) is 71.5. The molecule has 0 aromatic heterocycles. The SMILES string of the molecule is COC[C@@H]1O[C@@H]2O[C@H]3[C@H](OC)[C@@H](OC)[C@@H](O[C@H]4[C@H](OC)[C@@H](OC)[C@@H](O[C@H]5[C@H](OC)[C@@H](OC)[C@@H](O[C@H]6[C@H](OC)[C@@H](OC)[C@@H](O[C@H]7[C@H](OC)[C@H](OC)[C@@H](O[C@H]8[C@@H](OC)[C@@H](OC)[C@@H](O[C@H]9[C@H](OC)[C@@H](OC)[C@@H](O[C@H]1[C@H](OC)[C@H]2OC)O[C@H]9COC)O[C@@H]8COC)O[C@@H]7COC)O[C@@H]6COC)O[C@@H]5COS(C)(=O)=O)O[C@@H]4COS(C)(=O)=O)O[C@H]3COC. The highest BCUT2D eigenvalue weighted by Crippen LogP contribution is 2.44. The van der Waals surface area contributed by atoms with Gasteiger partial charge >= 0.3 is 0 Å². The average molecular weight is 1760 g/mol. The molecule has 0 aromatic rings. The number of methoxy groups -OCH3 is 22. The molecule has 30 aliphatic heterocycles. The zero-order chi connectivity index (χ0) is 86.0. The smallest absolute Gasteiger partial charge is 0.264 e. The Bertz CT molecular complexity index is 3040. The van der Waals surface area contributed by atoms with Crippen LogP contribution in [0.4, 0.5) is 0 Å². The van der Waals surface area contributed by atoms with E-state index in [4.69, 9.17) is 188 Å². The van der Waals surface area contributed by atoms with E-state index in [0.29, 0.717) is 0 Å². The summed E-state index contributed by atoms with van der Waals surface area (Å²) in [6, 6.07) is 0. The highest BCUT2D eigenvalue weighted by atomic mass is 32.2. The molecule has 30 fully saturated rings. The van der Waals surface area contributed by atoms with Crippen LogP contribution in [-0.2, 0) is 209 Å². The van der Waals surface area contributed by atoms with Gasteiger partial charge < -0.3 is 180 Å². The molecule has 692 valence electrons. The standard InChI is InChI=1S/C72H128O44S2/c1-77-25-33-41-49(83-7)58(92-16)66(102-33)111-43-35(27-79-3)104-68(60(94-18)51(43)85-9)113-45-37(29-81-5)106-70(62(96-20)53(45)87-11)115-47-39(31-99-117(23,73)74)108-72(64(98-22)55(47)89-13)116-48-40(32-100-118(24,75)76)107-71(63(97-21)56(48)90-14)114-46-38(30-82-6)105-69(61(95-19)54(46)88-12)112-44-36(28-80-4)103-67(59(93-17)52(44)86-10)110-42-34(26-78-2)101-65(109-41)57(91-15)50(42)84-8/h33-72H,25-32H2,1-24H3/t33-,34+,35-,36+,37-,38+,39+,40+,41+,42+,43+,44+,45+,46+,47+,48+,49-,50+,51-,52-,53-,54-,55-,56-,57+,58+,59-,60+,61+,62+,63+,64+,65+,66+,67+,68+,69+,70+,71+,72+/m0/s1. The third-order valence-corrected chi connectivity index (χ3v) is 23.4. The quantitative estimate of drug-likeness (QED) is 0.0578. The summed E-state index contributed by atoms with van der Waals surface area (Å²) in [5, 5.41) is 0. The van der Waals surface area contributed by atoms with Crippen LogP contribution in [0.1, 0.15) is 0 Å². The topological polar surface area (TPSA) is 437 Å². The number of rotatable bonds is 34. The fourth-order valence-electron chi connectivity index (χ4n) is 17.0. The van der Waals surface area contributed by atoms with Crippen molar-refractivity contribution in [2.45, 2.75) is 246 Å². The summed E-state index contributed by atoms with van der Waals surface area (Å²) in [6.45, 7) is -2.30. The number of ether oxygens (including phenoxy) is 38. The first-order valence-electron chi connectivity index (χ1n) is 38.4. The maximum Gasteiger partial charge on any atom is 0.264 e. The molecule has 46 heteroatoms. The van der Waals surface area contributed by atoms with Crippen molar-refractivity contribution in [2.24, 2.45) is 0 Å². The van der Waals surface area contributed by atoms with Crippen LogP contribution < -0.4 is 0 Å². The van der Waals surface area contributed by atoms with Crippen LogP contribution >= 0.6 is 0 Å². The Labute approximate surface area is 690 Å². The van der Waals surface area contributed by atoms with Gasteiger partial charge in [0.15, 0.2) is 50.3 Å². The second-order valence-electron chi connectivity index (χ2n) is 29.1. The van der Waals surface area contributed by atoms with Gasteiger partial charge in [-0.2, -0.15) is 16.8 Å². The lowest BCUT2D eigenvalue weighted by atomic mass is 9.94. The molecular formula is C72H128O44S2. The summed E-state index contributed by atoms with van der Waals surface area (Å²) in [6.07, 6.45) is -47.1. The van der Waals surface area contributed by atoms with E-state index in [1.165, 1.54) is 156 Å². The predicted octanol–water partition coefficient (Wildman–Crippen LogP) is -3.05. The molecule has 40 atom stereocenters. The van der Waals surface area contributed by atoms with E-state index in [-0.39, 0.29) is 39.6 Å². The normalized spacial score (nSPS) is 44.6. The molecule has 44 nitrogen and oxygen atoms in total. The van der Waals surface area contributed by atoms with Crippen molar-refractivity contribution in [3.8, 4) is 0 Å². The fourth-order valence-corrected chi connectivity index (χ4v) is 17.8. The van der Waals surface area contributed by atoms with Crippen molar-refractivity contribution in [2.75, 3.05) is 222 Å². The van der Waals surface area contributed by atoms with Gasteiger partial charge in [0, 0.05) is 156 Å². The summed E-state index contributed by atoms with van der Waals surface area (Å²) < 4.78 is 310.